The summed E-state index contributed by atoms with van der Waals surface area (Å²) in [5.74, 6) is 1.12. The summed E-state index contributed by atoms with van der Waals surface area (Å²) in [6.07, 6.45) is 4.05. The topological polar surface area (TPSA) is 93.0 Å². The van der Waals surface area contributed by atoms with Crippen molar-refractivity contribution < 1.29 is 4.92 Å². The number of aromatic nitrogens is 2. The van der Waals surface area contributed by atoms with Gasteiger partial charge in [0.2, 0.25) is 5.82 Å². The van der Waals surface area contributed by atoms with E-state index in [1.54, 1.807) is 12.3 Å². The van der Waals surface area contributed by atoms with Crippen LogP contribution in [0.1, 0.15) is 6.42 Å². The molecule has 0 atom stereocenters. The van der Waals surface area contributed by atoms with E-state index in [2.05, 4.69) is 20.6 Å². The second-order valence-electron chi connectivity index (χ2n) is 4.05. The zero-order chi connectivity index (χ0) is 14.2. The molecule has 0 aliphatic rings. The zero-order valence-electron chi connectivity index (χ0n) is 10.8. The third-order valence-electron chi connectivity index (χ3n) is 2.60. The van der Waals surface area contributed by atoms with E-state index < -0.39 is 4.92 Å². The minimum absolute atomic E-state index is 0.00909. The Morgan fingerprint density at radius 3 is 2.60 bits per heavy atom. The van der Waals surface area contributed by atoms with Crippen LogP contribution in [0.4, 0.5) is 17.3 Å². The van der Waals surface area contributed by atoms with Crippen molar-refractivity contribution in [2.75, 3.05) is 23.7 Å². The zero-order valence-corrected chi connectivity index (χ0v) is 10.8. The van der Waals surface area contributed by atoms with Crippen LogP contribution in [-0.4, -0.2) is 28.0 Å². The molecule has 7 heteroatoms. The van der Waals surface area contributed by atoms with Crippen LogP contribution in [-0.2, 0) is 0 Å². The summed E-state index contributed by atoms with van der Waals surface area (Å²) in [5, 5.41) is 16.9. The highest BCUT2D eigenvalue weighted by atomic mass is 16.6. The molecule has 0 aromatic carbocycles. The molecule has 2 aromatic heterocycles. The average Bonchev–Trinajstić information content (AvgIpc) is 2.48. The van der Waals surface area contributed by atoms with Crippen molar-refractivity contribution in [3.8, 4) is 0 Å². The summed E-state index contributed by atoms with van der Waals surface area (Å²) in [4.78, 5) is 18.5. The van der Waals surface area contributed by atoms with Crippen molar-refractivity contribution >= 4 is 17.3 Å². The number of anilines is 2. The first-order valence-electron chi connectivity index (χ1n) is 6.25. The molecule has 0 saturated carbocycles. The number of pyridine rings is 2. The molecule has 0 spiro atoms. The van der Waals surface area contributed by atoms with Crippen molar-refractivity contribution in [3.05, 3.63) is 52.8 Å². The number of nitrogens with one attached hydrogen (secondary N) is 2. The van der Waals surface area contributed by atoms with Crippen LogP contribution in [0, 0.1) is 10.1 Å². The third-order valence-corrected chi connectivity index (χ3v) is 2.60. The summed E-state index contributed by atoms with van der Waals surface area (Å²) < 4.78 is 0. The second kappa shape index (κ2) is 7.03. The molecule has 0 amide bonds. The minimum Gasteiger partial charge on any atom is -0.370 e. The quantitative estimate of drug-likeness (QED) is 0.457. The van der Waals surface area contributed by atoms with Crippen molar-refractivity contribution in [2.45, 2.75) is 6.42 Å². The van der Waals surface area contributed by atoms with Gasteiger partial charge in [0, 0.05) is 31.5 Å². The van der Waals surface area contributed by atoms with E-state index in [0.717, 1.165) is 18.8 Å². The lowest BCUT2D eigenvalue weighted by atomic mass is 10.3. The monoisotopic (exact) mass is 273 g/mol. The van der Waals surface area contributed by atoms with Gasteiger partial charge in [0.15, 0.2) is 0 Å². The van der Waals surface area contributed by atoms with Crippen molar-refractivity contribution in [1.82, 2.24) is 9.97 Å². The Labute approximate surface area is 116 Å². The fourth-order valence-electron chi connectivity index (χ4n) is 1.66. The van der Waals surface area contributed by atoms with Crippen molar-refractivity contribution in [2.24, 2.45) is 0 Å². The molecular formula is C13H15N5O2. The lowest BCUT2D eigenvalue weighted by Crippen LogP contribution is -2.11. The van der Waals surface area contributed by atoms with Gasteiger partial charge in [-0.05, 0) is 24.6 Å². The fourth-order valence-corrected chi connectivity index (χ4v) is 1.66. The molecule has 2 rings (SSSR count). The molecule has 104 valence electrons. The lowest BCUT2D eigenvalue weighted by molar-refractivity contribution is -0.384. The fraction of sp³-hybridized carbons (Fsp3) is 0.231. The summed E-state index contributed by atoms with van der Waals surface area (Å²) in [5.41, 5.74) is -0.00909. The summed E-state index contributed by atoms with van der Waals surface area (Å²) in [7, 11) is 0. The maximum atomic E-state index is 10.8. The third kappa shape index (κ3) is 3.91. The summed E-state index contributed by atoms with van der Waals surface area (Å²) >= 11 is 0. The Morgan fingerprint density at radius 2 is 1.85 bits per heavy atom. The highest BCUT2D eigenvalue weighted by Crippen LogP contribution is 2.19. The highest BCUT2D eigenvalue weighted by Gasteiger charge is 2.12. The highest BCUT2D eigenvalue weighted by molar-refractivity contribution is 5.54. The first-order valence-corrected chi connectivity index (χ1v) is 6.25. The van der Waals surface area contributed by atoms with E-state index >= 15 is 0 Å². The predicted octanol–water partition coefficient (Wildman–Crippen LogP) is 2.30. The Bertz CT molecular complexity index is 562. The van der Waals surface area contributed by atoms with Crippen molar-refractivity contribution in [1.29, 1.82) is 0 Å². The Morgan fingerprint density at radius 1 is 1.05 bits per heavy atom. The molecule has 0 aliphatic carbocycles. The van der Waals surface area contributed by atoms with Crippen molar-refractivity contribution in [3.63, 3.8) is 0 Å². The van der Waals surface area contributed by atoms with Gasteiger partial charge < -0.3 is 10.6 Å². The molecule has 7 nitrogen and oxygen atoms in total. The van der Waals surface area contributed by atoms with E-state index in [1.165, 1.54) is 12.3 Å². The SMILES string of the molecule is O=[N+]([O-])c1cccnc1NCCCNc1ccccn1. The Hall–Kier alpha value is -2.70. The Kier molecular flexibility index (Phi) is 4.82. The average molecular weight is 273 g/mol. The van der Waals surface area contributed by atoms with E-state index in [9.17, 15) is 10.1 Å². The summed E-state index contributed by atoms with van der Waals surface area (Å²) in [6, 6.07) is 8.63. The minimum atomic E-state index is -0.443. The molecule has 2 N–H and O–H groups in total. The van der Waals surface area contributed by atoms with Gasteiger partial charge in [-0.15, -0.1) is 0 Å². The molecule has 0 bridgehead atoms. The summed E-state index contributed by atoms with van der Waals surface area (Å²) in [6.45, 7) is 1.32. The molecule has 0 radical (unpaired) electrons. The molecule has 0 fully saturated rings. The maximum Gasteiger partial charge on any atom is 0.311 e. The number of hydrogen-bond donors (Lipinski definition) is 2. The lowest BCUT2D eigenvalue weighted by Gasteiger charge is -2.07. The smallest absolute Gasteiger partial charge is 0.311 e. The largest absolute Gasteiger partial charge is 0.370 e. The van der Waals surface area contributed by atoms with Crippen LogP contribution in [0.3, 0.4) is 0 Å². The second-order valence-corrected chi connectivity index (χ2v) is 4.05. The van der Waals surface area contributed by atoms with Gasteiger partial charge in [-0.25, -0.2) is 9.97 Å². The number of nitrogens with zero attached hydrogens (tertiary/aromatic N) is 3. The van der Waals surface area contributed by atoms with Crippen LogP contribution in [0.5, 0.6) is 0 Å². The first kappa shape index (κ1) is 13.7. The molecule has 0 aliphatic heterocycles. The standard InChI is InChI=1S/C13H15N5O2/c19-18(20)11-5-3-8-16-13(11)17-10-4-9-15-12-6-1-2-7-14-12/h1-3,5-8H,4,9-10H2,(H,14,15)(H,16,17). The maximum absolute atomic E-state index is 10.8. The van der Waals surface area contributed by atoms with Gasteiger partial charge in [-0.2, -0.15) is 0 Å². The number of hydrogen-bond acceptors (Lipinski definition) is 6. The van der Waals surface area contributed by atoms with Gasteiger partial charge in [0.1, 0.15) is 5.82 Å². The molecule has 20 heavy (non-hydrogen) atoms. The molecule has 2 heterocycles. The van der Waals surface area contributed by atoms with Crippen LogP contribution < -0.4 is 10.6 Å². The van der Waals surface area contributed by atoms with Gasteiger partial charge in [-0.1, -0.05) is 6.07 Å². The van der Waals surface area contributed by atoms with Gasteiger partial charge in [-0.3, -0.25) is 10.1 Å². The number of rotatable bonds is 7. The van der Waals surface area contributed by atoms with Gasteiger partial charge >= 0.3 is 5.69 Å². The molecule has 2 aromatic rings. The van der Waals surface area contributed by atoms with Crippen LogP contribution in [0.25, 0.3) is 0 Å². The predicted molar refractivity (Wildman–Crippen MR) is 76.7 cm³/mol. The molecule has 0 unspecified atom stereocenters. The molecular weight excluding hydrogens is 258 g/mol. The van der Waals surface area contributed by atoms with Gasteiger partial charge in [0.25, 0.3) is 0 Å². The van der Waals surface area contributed by atoms with E-state index in [0.29, 0.717) is 12.4 Å². The normalized spacial score (nSPS) is 10.0. The van der Waals surface area contributed by atoms with Crippen LogP contribution in [0.2, 0.25) is 0 Å². The van der Waals surface area contributed by atoms with E-state index in [1.807, 2.05) is 18.2 Å². The Balaban J connectivity index is 1.75. The number of nitro groups is 1. The van der Waals surface area contributed by atoms with Gasteiger partial charge in [0.05, 0.1) is 4.92 Å². The van der Waals surface area contributed by atoms with E-state index in [4.69, 9.17) is 0 Å². The molecule has 0 saturated heterocycles. The van der Waals surface area contributed by atoms with Crippen LogP contribution >= 0.6 is 0 Å². The van der Waals surface area contributed by atoms with Crippen LogP contribution in [0.15, 0.2) is 42.7 Å². The first-order chi connectivity index (χ1) is 9.77. The van der Waals surface area contributed by atoms with E-state index in [-0.39, 0.29) is 5.69 Å².